The van der Waals surface area contributed by atoms with Crippen LogP contribution in [0.25, 0.3) is 0 Å². The molecule has 0 amide bonds. The highest BCUT2D eigenvalue weighted by Crippen LogP contribution is 2.34. The highest BCUT2D eigenvalue weighted by molar-refractivity contribution is 5.72. The minimum atomic E-state index is -0.632. The summed E-state index contributed by atoms with van der Waals surface area (Å²) in [6, 6.07) is 0. The Labute approximate surface area is 121 Å². The molecular weight excluding hydrogens is 256 g/mol. The monoisotopic (exact) mass is 284 g/mol. The lowest BCUT2D eigenvalue weighted by Gasteiger charge is -2.37. The summed E-state index contributed by atoms with van der Waals surface area (Å²) in [5.41, 5.74) is 5.07. The van der Waals surface area contributed by atoms with Crippen molar-refractivity contribution in [2.75, 3.05) is 32.8 Å². The molecule has 1 aliphatic carbocycles. The van der Waals surface area contributed by atoms with Crippen molar-refractivity contribution in [3.63, 3.8) is 0 Å². The molecule has 3 N–H and O–H groups in total. The Morgan fingerprint density at radius 3 is 2.65 bits per heavy atom. The normalized spacial score (nSPS) is 35.1. The zero-order valence-corrected chi connectivity index (χ0v) is 12.5. The predicted molar refractivity (Wildman–Crippen MR) is 77.1 cm³/mol. The number of nitrogens with zero attached hydrogens (tertiary/aromatic N) is 1. The maximum atomic E-state index is 11.7. The minimum absolute atomic E-state index is 0.0226. The van der Waals surface area contributed by atoms with Gasteiger partial charge in [-0.3, -0.25) is 4.79 Å². The number of ether oxygens (including phenoxy) is 1. The van der Waals surface area contributed by atoms with Crippen molar-refractivity contribution in [1.82, 2.24) is 4.90 Å². The summed E-state index contributed by atoms with van der Waals surface area (Å²) in [7, 11) is 0. The Hall–Kier alpha value is -0.650. The SMILES string of the molecule is CCOC(=O)C1CCC(O)(CN2CCC(CN)C2)CC1. The number of carbonyl (C=O) groups excluding carboxylic acids is 1. The van der Waals surface area contributed by atoms with E-state index in [0.717, 1.165) is 45.4 Å². The van der Waals surface area contributed by atoms with Crippen molar-refractivity contribution in [2.45, 2.75) is 44.6 Å². The van der Waals surface area contributed by atoms with Crippen LogP contribution in [0, 0.1) is 11.8 Å². The fourth-order valence-corrected chi connectivity index (χ4v) is 3.47. The number of nitrogens with two attached hydrogens (primary N) is 1. The first-order valence-electron chi connectivity index (χ1n) is 7.88. The van der Waals surface area contributed by atoms with Crippen LogP contribution in [0.5, 0.6) is 0 Å². The van der Waals surface area contributed by atoms with Gasteiger partial charge in [0.15, 0.2) is 0 Å². The molecule has 1 aliphatic heterocycles. The molecule has 5 nitrogen and oxygen atoms in total. The van der Waals surface area contributed by atoms with Crippen LogP contribution >= 0.6 is 0 Å². The van der Waals surface area contributed by atoms with Crippen LogP contribution in [0.3, 0.4) is 0 Å². The molecule has 0 radical (unpaired) electrons. The van der Waals surface area contributed by atoms with E-state index in [1.165, 1.54) is 0 Å². The number of hydrogen-bond donors (Lipinski definition) is 2. The van der Waals surface area contributed by atoms with Crippen molar-refractivity contribution >= 4 is 5.97 Å². The highest BCUT2D eigenvalue weighted by atomic mass is 16.5. The molecule has 0 aromatic carbocycles. The van der Waals surface area contributed by atoms with Crippen molar-refractivity contribution < 1.29 is 14.6 Å². The average molecular weight is 284 g/mol. The third-order valence-corrected chi connectivity index (χ3v) is 4.76. The summed E-state index contributed by atoms with van der Waals surface area (Å²) in [4.78, 5) is 14.0. The van der Waals surface area contributed by atoms with E-state index in [1.807, 2.05) is 6.92 Å². The summed E-state index contributed by atoms with van der Waals surface area (Å²) in [6.45, 7) is 5.76. The molecule has 2 rings (SSSR count). The Bertz CT molecular complexity index is 327. The van der Waals surface area contributed by atoms with E-state index < -0.39 is 5.60 Å². The van der Waals surface area contributed by atoms with Crippen molar-refractivity contribution in [2.24, 2.45) is 17.6 Å². The minimum Gasteiger partial charge on any atom is -0.466 e. The number of carbonyl (C=O) groups is 1. The molecule has 116 valence electrons. The van der Waals surface area contributed by atoms with Crippen LogP contribution in [0.4, 0.5) is 0 Å². The van der Waals surface area contributed by atoms with Gasteiger partial charge in [-0.1, -0.05) is 0 Å². The third-order valence-electron chi connectivity index (χ3n) is 4.76. The van der Waals surface area contributed by atoms with Crippen LogP contribution in [0.15, 0.2) is 0 Å². The van der Waals surface area contributed by atoms with E-state index in [9.17, 15) is 9.90 Å². The van der Waals surface area contributed by atoms with Gasteiger partial charge in [-0.2, -0.15) is 0 Å². The summed E-state index contributed by atoms with van der Waals surface area (Å²) >= 11 is 0. The van der Waals surface area contributed by atoms with Crippen molar-refractivity contribution in [3.05, 3.63) is 0 Å². The van der Waals surface area contributed by atoms with Gasteiger partial charge in [0.05, 0.1) is 18.1 Å². The fraction of sp³-hybridized carbons (Fsp3) is 0.933. The lowest BCUT2D eigenvalue weighted by molar-refractivity contribution is -0.151. The van der Waals surface area contributed by atoms with Crippen molar-refractivity contribution in [3.8, 4) is 0 Å². The van der Waals surface area contributed by atoms with Crippen LogP contribution in [0.2, 0.25) is 0 Å². The molecule has 0 spiro atoms. The molecule has 5 heteroatoms. The summed E-state index contributed by atoms with van der Waals surface area (Å²) in [5.74, 6) is 0.457. The van der Waals surface area contributed by atoms with Crippen LogP contribution in [-0.4, -0.2) is 54.4 Å². The topological polar surface area (TPSA) is 75.8 Å². The van der Waals surface area contributed by atoms with Crippen molar-refractivity contribution in [1.29, 1.82) is 0 Å². The number of esters is 1. The predicted octanol–water partition coefficient (Wildman–Crippen LogP) is 0.751. The molecule has 1 unspecified atom stereocenters. The molecule has 1 heterocycles. The summed E-state index contributed by atoms with van der Waals surface area (Å²) in [5, 5.41) is 10.7. The molecule has 1 atom stereocenters. The molecular formula is C15H28N2O3. The van der Waals surface area contributed by atoms with Gasteiger partial charge in [0, 0.05) is 13.1 Å². The highest BCUT2D eigenvalue weighted by Gasteiger charge is 2.38. The van der Waals surface area contributed by atoms with E-state index in [4.69, 9.17) is 10.5 Å². The summed E-state index contributed by atoms with van der Waals surface area (Å²) < 4.78 is 5.07. The largest absolute Gasteiger partial charge is 0.466 e. The lowest BCUT2D eigenvalue weighted by Crippen LogP contribution is -2.46. The zero-order valence-electron chi connectivity index (χ0n) is 12.5. The lowest BCUT2D eigenvalue weighted by atomic mass is 9.78. The Morgan fingerprint density at radius 2 is 2.10 bits per heavy atom. The Kier molecular flexibility index (Phi) is 5.41. The molecule has 0 bridgehead atoms. The van der Waals surface area contributed by atoms with E-state index in [2.05, 4.69) is 4.90 Å². The number of hydrogen-bond acceptors (Lipinski definition) is 5. The van der Waals surface area contributed by atoms with Gasteiger partial charge >= 0.3 is 5.97 Å². The number of β-amino-alcohol motifs (C(OH)–C–C–N with tert-alkyl or cyclic N) is 1. The molecule has 1 saturated heterocycles. The second kappa shape index (κ2) is 6.87. The second-order valence-corrected chi connectivity index (χ2v) is 6.38. The van der Waals surface area contributed by atoms with Crippen LogP contribution < -0.4 is 5.73 Å². The molecule has 0 aromatic rings. The number of rotatable bonds is 5. The van der Waals surface area contributed by atoms with Gasteiger partial charge in [0.1, 0.15) is 0 Å². The molecule has 20 heavy (non-hydrogen) atoms. The van der Waals surface area contributed by atoms with Gasteiger partial charge in [-0.25, -0.2) is 0 Å². The quantitative estimate of drug-likeness (QED) is 0.729. The average Bonchev–Trinajstić information content (AvgIpc) is 2.87. The van der Waals surface area contributed by atoms with Gasteiger partial charge in [0.2, 0.25) is 0 Å². The summed E-state index contributed by atoms with van der Waals surface area (Å²) in [6.07, 6.45) is 4.01. The van der Waals surface area contributed by atoms with Gasteiger partial charge < -0.3 is 20.5 Å². The first-order valence-corrected chi connectivity index (χ1v) is 7.88. The van der Waals surface area contributed by atoms with Gasteiger partial charge in [-0.15, -0.1) is 0 Å². The van der Waals surface area contributed by atoms with Crippen LogP contribution in [-0.2, 0) is 9.53 Å². The third kappa shape index (κ3) is 3.93. The number of aliphatic hydroxyl groups is 1. The van der Waals surface area contributed by atoms with E-state index in [0.29, 0.717) is 25.4 Å². The maximum absolute atomic E-state index is 11.7. The zero-order chi connectivity index (χ0) is 14.6. The van der Waals surface area contributed by atoms with E-state index in [-0.39, 0.29) is 11.9 Å². The molecule has 1 saturated carbocycles. The molecule has 2 aliphatic rings. The van der Waals surface area contributed by atoms with Crippen LogP contribution in [0.1, 0.15) is 39.0 Å². The molecule has 2 fully saturated rings. The second-order valence-electron chi connectivity index (χ2n) is 6.38. The first-order chi connectivity index (χ1) is 9.56. The van der Waals surface area contributed by atoms with Gasteiger partial charge in [0.25, 0.3) is 0 Å². The van der Waals surface area contributed by atoms with E-state index >= 15 is 0 Å². The Balaban J connectivity index is 1.78. The van der Waals surface area contributed by atoms with E-state index in [1.54, 1.807) is 0 Å². The number of likely N-dealkylation sites (tertiary alicyclic amines) is 1. The smallest absolute Gasteiger partial charge is 0.308 e. The van der Waals surface area contributed by atoms with Gasteiger partial charge in [-0.05, 0) is 58.0 Å². The standard InChI is InChI=1S/C15H28N2O3/c1-2-20-14(18)13-3-6-15(19,7-4-13)11-17-8-5-12(9-16)10-17/h12-13,19H,2-11,16H2,1H3. The fourth-order valence-electron chi connectivity index (χ4n) is 3.47. The molecule has 0 aromatic heterocycles. The Morgan fingerprint density at radius 1 is 1.40 bits per heavy atom. The maximum Gasteiger partial charge on any atom is 0.308 e. The first kappa shape index (κ1) is 15.7.